The van der Waals surface area contributed by atoms with Gasteiger partial charge in [0.2, 0.25) is 0 Å². The highest BCUT2D eigenvalue weighted by atomic mass is 19.1. The normalized spacial score (nSPS) is 10.3. The lowest BCUT2D eigenvalue weighted by Crippen LogP contribution is -2.21. The van der Waals surface area contributed by atoms with Crippen molar-refractivity contribution in [3.63, 3.8) is 0 Å². The average Bonchev–Trinajstić information content (AvgIpc) is 2.46. The molecule has 2 aromatic rings. The first-order valence-corrected chi connectivity index (χ1v) is 6.45. The number of nitrogens with one attached hydrogen (secondary N) is 1. The molecule has 0 radical (unpaired) electrons. The first-order valence-electron chi connectivity index (χ1n) is 6.45. The van der Waals surface area contributed by atoms with Crippen LogP contribution in [0.4, 0.5) is 15.9 Å². The van der Waals surface area contributed by atoms with Crippen molar-refractivity contribution in [3.05, 3.63) is 54.0 Å². The van der Waals surface area contributed by atoms with Crippen LogP contribution in [0, 0.1) is 5.82 Å². The van der Waals surface area contributed by atoms with Gasteiger partial charge < -0.3 is 15.3 Å². The Morgan fingerprint density at radius 2 is 2.15 bits per heavy atom. The van der Waals surface area contributed by atoms with Gasteiger partial charge in [-0.15, -0.1) is 0 Å². The topological polar surface area (TPSA) is 48.4 Å². The van der Waals surface area contributed by atoms with Gasteiger partial charge in [-0.3, -0.25) is 0 Å². The summed E-state index contributed by atoms with van der Waals surface area (Å²) in [5.41, 5.74) is 1.81. The molecule has 0 amide bonds. The molecule has 5 heteroatoms. The summed E-state index contributed by atoms with van der Waals surface area (Å²) in [5.74, 6) is 0.494. The third-order valence-corrected chi connectivity index (χ3v) is 2.99. The largest absolute Gasteiger partial charge is 0.395 e. The molecule has 1 aromatic heterocycles. The molecule has 0 spiro atoms. The molecular weight excluding hydrogens is 257 g/mol. The number of hydrogen-bond donors (Lipinski definition) is 2. The van der Waals surface area contributed by atoms with Gasteiger partial charge in [-0.05, 0) is 29.8 Å². The molecule has 1 aromatic carbocycles. The Bertz CT molecular complexity index is 545. The summed E-state index contributed by atoms with van der Waals surface area (Å²) in [5, 5.41) is 12.0. The number of likely N-dealkylation sites (N-methyl/N-ethyl adjacent to an activating group) is 1. The predicted molar refractivity (Wildman–Crippen MR) is 78.3 cm³/mol. The summed E-state index contributed by atoms with van der Waals surface area (Å²) in [6, 6.07) is 10.3. The maximum atomic E-state index is 13.0. The highest BCUT2D eigenvalue weighted by Gasteiger charge is 2.01. The number of anilines is 2. The fraction of sp³-hybridized carbons (Fsp3) is 0.267. The highest BCUT2D eigenvalue weighted by molar-refractivity contribution is 5.49. The molecule has 0 saturated heterocycles. The third-order valence-electron chi connectivity index (χ3n) is 2.99. The fourth-order valence-corrected chi connectivity index (χ4v) is 1.84. The van der Waals surface area contributed by atoms with Crippen LogP contribution in [0.3, 0.4) is 0 Å². The minimum atomic E-state index is -0.238. The van der Waals surface area contributed by atoms with E-state index in [-0.39, 0.29) is 12.4 Å². The molecule has 0 unspecified atom stereocenters. The third kappa shape index (κ3) is 3.93. The molecule has 0 aliphatic carbocycles. The van der Waals surface area contributed by atoms with E-state index in [0.29, 0.717) is 13.1 Å². The molecule has 1 heterocycles. The van der Waals surface area contributed by atoms with E-state index < -0.39 is 0 Å². The first kappa shape index (κ1) is 14.3. The Morgan fingerprint density at radius 1 is 1.30 bits per heavy atom. The van der Waals surface area contributed by atoms with Gasteiger partial charge in [-0.1, -0.05) is 12.1 Å². The molecule has 0 atom stereocenters. The Balaban J connectivity index is 1.94. The van der Waals surface area contributed by atoms with E-state index in [0.717, 1.165) is 17.1 Å². The molecule has 0 aliphatic rings. The predicted octanol–water partition coefficient (Wildman–Crippen LogP) is 2.26. The number of aliphatic hydroxyl groups is 1. The molecule has 106 valence electrons. The van der Waals surface area contributed by atoms with E-state index in [1.807, 2.05) is 30.1 Å². The van der Waals surface area contributed by atoms with E-state index in [1.165, 1.54) is 12.1 Å². The van der Waals surface area contributed by atoms with Crippen molar-refractivity contribution in [1.29, 1.82) is 0 Å². The fourth-order valence-electron chi connectivity index (χ4n) is 1.84. The Hall–Kier alpha value is -2.14. The molecule has 4 nitrogen and oxygen atoms in total. The summed E-state index contributed by atoms with van der Waals surface area (Å²) in [4.78, 5) is 6.21. The summed E-state index contributed by atoms with van der Waals surface area (Å²) in [6.45, 7) is 1.20. The van der Waals surface area contributed by atoms with Gasteiger partial charge in [0, 0.05) is 20.1 Å². The van der Waals surface area contributed by atoms with Crippen LogP contribution in [0.2, 0.25) is 0 Å². The zero-order chi connectivity index (χ0) is 14.4. The second kappa shape index (κ2) is 6.86. The minimum Gasteiger partial charge on any atom is -0.395 e. The lowest BCUT2D eigenvalue weighted by Gasteiger charge is -2.17. The van der Waals surface area contributed by atoms with Crippen LogP contribution < -0.4 is 10.2 Å². The van der Waals surface area contributed by atoms with Gasteiger partial charge in [0.05, 0.1) is 18.5 Å². The van der Waals surface area contributed by atoms with Gasteiger partial charge in [0.25, 0.3) is 0 Å². The standard InChI is InChI=1S/C15H18FN3O/c1-19(7-8-20)14-5-6-15(18-11-14)17-10-12-3-2-4-13(16)9-12/h2-6,9,11,20H,7-8,10H2,1H3,(H,17,18). The van der Waals surface area contributed by atoms with E-state index >= 15 is 0 Å². The quantitative estimate of drug-likeness (QED) is 0.849. The van der Waals surface area contributed by atoms with E-state index in [4.69, 9.17) is 5.11 Å². The SMILES string of the molecule is CN(CCO)c1ccc(NCc2cccc(F)c2)nc1. The number of pyridine rings is 1. The second-order valence-electron chi connectivity index (χ2n) is 4.53. The van der Waals surface area contributed by atoms with Crippen LogP contribution in [0.5, 0.6) is 0 Å². The number of aromatic nitrogens is 1. The number of hydrogen-bond acceptors (Lipinski definition) is 4. The van der Waals surface area contributed by atoms with Crippen LogP contribution in [0.25, 0.3) is 0 Å². The van der Waals surface area contributed by atoms with Crippen LogP contribution in [0.1, 0.15) is 5.56 Å². The molecular formula is C15H18FN3O. The van der Waals surface area contributed by atoms with Crippen molar-refractivity contribution in [3.8, 4) is 0 Å². The monoisotopic (exact) mass is 275 g/mol. The average molecular weight is 275 g/mol. The first-order chi connectivity index (χ1) is 9.69. The summed E-state index contributed by atoms with van der Waals surface area (Å²) >= 11 is 0. The smallest absolute Gasteiger partial charge is 0.126 e. The zero-order valence-corrected chi connectivity index (χ0v) is 11.4. The van der Waals surface area contributed by atoms with Gasteiger partial charge in [-0.25, -0.2) is 9.37 Å². The molecule has 0 bridgehead atoms. The van der Waals surface area contributed by atoms with Gasteiger partial charge in [0.15, 0.2) is 0 Å². The Morgan fingerprint density at radius 3 is 2.80 bits per heavy atom. The van der Waals surface area contributed by atoms with Crippen molar-refractivity contribution in [2.45, 2.75) is 6.54 Å². The number of benzene rings is 1. The molecule has 0 aliphatic heterocycles. The van der Waals surface area contributed by atoms with Crippen LogP contribution >= 0.6 is 0 Å². The lowest BCUT2D eigenvalue weighted by atomic mass is 10.2. The van der Waals surface area contributed by atoms with Crippen molar-refractivity contribution < 1.29 is 9.50 Å². The molecule has 0 fully saturated rings. The number of halogens is 1. The number of nitrogens with zero attached hydrogens (tertiary/aromatic N) is 2. The molecule has 20 heavy (non-hydrogen) atoms. The van der Waals surface area contributed by atoms with Crippen molar-refractivity contribution in [1.82, 2.24) is 4.98 Å². The maximum Gasteiger partial charge on any atom is 0.126 e. The maximum absolute atomic E-state index is 13.0. The molecule has 2 rings (SSSR count). The van der Waals surface area contributed by atoms with E-state index in [9.17, 15) is 4.39 Å². The van der Waals surface area contributed by atoms with Gasteiger partial charge >= 0.3 is 0 Å². The van der Waals surface area contributed by atoms with Crippen molar-refractivity contribution in [2.75, 3.05) is 30.4 Å². The number of aliphatic hydroxyl groups excluding tert-OH is 1. The van der Waals surface area contributed by atoms with E-state index in [1.54, 1.807) is 12.3 Å². The summed E-state index contributed by atoms with van der Waals surface area (Å²) in [6.07, 6.45) is 1.74. The lowest BCUT2D eigenvalue weighted by molar-refractivity contribution is 0.304. The molecule has 2 N–H and O–H groups in total. The number of rotatable bonds is 6. The van der Waals surface area contributed by atoms with Gasteiger partial charge in [0.1, 0.15) is 11.6 Å². The summed E-state index contributed by atoms with van der Waals surface area (Å²) < 4.78 is 13.0. The minimum absolute atomic E-state index is 0.107. The van der Waals surface area contributed by atoms with Crippen molar-refractivity contribution in [2.24, 2.45) is 0 Å². The highest BCUT2D eigenvalue weighted by Crippen LogP contribution is 2.14. The van der Waals surface area contributed by atoms with Crippen LogP contribution in [0.15, 0.2) is 42.6 Å². The van der Waals surface area contributed by atoms with Crippen molar-refractivity contribution >= 4 is 11.5 Å². The van der Waals surface area contributed by atoms with Gasteiger partial charge in [-0.2, -0.15) is 0 Å². The Kier molecular flexibility index (Phi) is 4.90. The molecule has 0 saturated carbocycles. The Labute approximate surface area is 117 Å². The summed E-state index contributed by atoms with van der Waals surface area (Å²) in [7, 11) is 1.90. The van der Waals surface area contributed by atoms with E-state index in [2.05, 4.69) is 10.3 Å². The van der Waals surface area contributed by atoms with Crippen LogP contribution in [-0.2, 0) is 6.54 Å². The van der Waals surface area contributed by atoms with Crippen LogP contribution in [-0.4, -0.2) is 30.3 Å². The zero-order valence-electron chi connectivity index (χ0n) is 11.4. The second-order valence-corrected chi connectivity index (χ2v) is 4.53.